The molecule has 2 N–H and O–H groups in total. The zero-order valence-corrected chi connectivity index (χ0v) is 17.9. The lowest BCUT2D eigenvalue weighted by Crippen LogP contribution is -2.32. The third kappa shape index (κ3) is 4.30. The number of carbonyl (C=O) groups excluding carboxylic acids is 2. The number of ether oxygens (including phenoxy) is 1. The molecule has 7 heteroatoms. The van der Waals surface area contributed by atoms with Gasteiger partial charge in [0.25, 0.3) is 5.91 Å². The van der Waals surface area contributed by atoms with Crippen LogP contribution in [0.3, 0.4) is 0 Å². The van der Waals surface area contributed by atoms with Crippen LogP contribution < -0.4 is 9.64 Å². The topological polar surface area (TPSA) is 104 Å². The van der Waals surface area contributed by atoms with Crippen LogP contribution >= 0.6 is 0 Å². The summed E-state index contributed by atoms with van der Waals surface area (Å²) in [5.74, 6) is -2.02. The molecule has 7 nitrogen and oxygen atoms in total. The lowest BCUT2D eigenvalue weighted by molar-refractivity contribution is -0.136. The van der Waals surface area contributed by atoms with Crippen LogP contribution in [-0.2, 0) is 20.8 Å². The predicted molar refractivity (Wildman–Crippen MR) is 115 cm³/mol. The molecule has 0 aliphatic carbocycles. The number of nitrogens with zero attached hydrogens (tertiary/aromatic N) is 1. The van der Waals surface area contributed by atoms with Gasteiger partial charge in [0.15, 0.2) is 11.5 Å². The number of carboxylic acids is 1. The third-order valence-electron chi connectivity index (χ3n) is 5.11. The first kappa shape index (κ1) is 22.1. The van der Waals surface area contributed by atoms with Gasteiger partial charge in [-0.05, 0) is 35.4 Å². The van der Waals surface area contributed by atoms with E-state index in [1.807, 2.05) is 0 Å². The molecule has 0 radical (unpaired) electrons. The maximum Gasteiger partial charge on any atom is 0.307 e. The molecule has 0 spiro atoms. The molecule has 0 saturated heterocycles. The number of carboxylic acid groups (broad SMARTS) is 1. The number of rotatable bonds is 6. The highest BCUT2D eigenvalue weighted by Gasteiger charge is 2.46. The molecule has 0 saturated carbocycles. The molecule has 1 amide bonds. The maximum atomic E-state index is 13.2. The van der Waals surface area contributed by atoms with Crippen molar-refractivity contribution >= 4 is 23.3 Å². The van der Waals surface area contributed by atoms with Crippen molar-refractivity contribution in [3.63, 3.8) is 0 Å². The molecule has 1 heterocycles. The highest BCUT2D eigenvalue weighted by molar-refractivity contribution is 6.17. The average Bonchev–Trinajstić information content (AvgIpc) is 2.98. The lowest BCUT2D eigenvalue weighted by atomic mass is 9.82. The zero-order chi connectivity index (χ0) is 22.9. The molecule has 2 aromatic carbocycles. The average molecular weight is 423 g/mol. The van der Waals surface area contributed by atoms with Crippen molar-refractivity contribution in [2.45, 2.75) is 33.2 Å². The van der Waals surface area contributed by atoms with Crippen LogP contribution in [0.15, 0.2) is 59.9 Å². The largest absolute Gasteiger partial charge is 0.503 e. The summed E-state index contributed by atoms with van der Waals surface area (Å²) >= 11 is 0. The van der Waals surface area contributed by atoms with E-state index >= 15 is 0 Å². The summed E-state index contributed by atoms with van der Waals surface area (Å²) in [5, 5.41) is 19.7. The van der Waals surface area contributed by atoms with Gasteiger partial charge in [-0.1, -0.05) is 45.0 Å². The van der Waals surface area contributed by atoms with E-state index in [0.29, 0.717) is 22.6 Å². The van der Waals surface area contributed by atoms with Crippen LogP contribution in [0, 0.1) is 5.41 Å². The first-order chi connectivity index (χ1) is 14.5. The van der Waals surface area contributed by atoms with Crippen molar-refractivity contribution in [2.24, 2.45) is 5.41 Å². The van der Waals surface area contributed by atoms with Gasteiger partial charge < -0.3 is 14.9 Å². The van der Waals surface area contributed by atoms with Crippen molar-refractivity contribution in [3.8, 4) is 5.75 Å². The number of methoxy groups -OCH3 is 1. The highest BCUT2D eigenvalue weighted by Crippen LogP contribution is 2.43. The third-order valence-corrected chi connectivity index (χ3v) is 5.11. The number of carbonyl (C=O) groups is 3. The minimum absolute atomic E-state index is 0.0281. The van der Waals surface area contributed by atoms with Gasteiger partial charge in [-0.15, -0.1) is 0 Å². The molecule has 31 heavy (non-hydrogen) atoms. The van der Waals surface area contributed by atoms with Crippen LogP contribution in [0.2, 0.25) is 0 Å². The fourth-order valence-corrected chi connectivity index (χ4v) is 3.58. The first-order valence-electron chi connectivity index (χ1n) is 9.80. The monoisotopic (exact) mass is 423 g/mol. The molecule has 3 rings (SSSR count). The number of hydrogen-bond donors (Lipinski definition) is 2. The quantitative estimate of drug-likeness (QED) is 0.732. The summed E-state index contributed by atoms with van der Waals surface area (Å²) in [6.07, 6.45) is -0.148. The number of aliphatic hydroxyl groups is 1. The number of hydrogen-bond acceptors (Lipinski definition) is 5. The first-order valence-corrected chi connectivity index (χ1v) is 9.80. The van der Waals surface area contributed by atoms with Gasteiger partial charge >= 0.3 is 5.97 Å². The normalized spacial score (nSPS) is 16.6. The minimum Gasteiger partial charge on any atom is -0.503 e. The summed E-state index contributed by atoms with van der Waals surface area (Å²) in [6.45, 7) is 5.18. The number of benzene rings is 2. The molecule has 1 aliphatic heterocycles. The van der Waals surface area contributed by atoms with Crippen LogP contribution in [0.5, 0.6) is 5.75 Å². The van der Waals surface area contributed by atoms with Crippen LogP contribution in [-0.4, -0.2) is 35.0 Å². The van der Waals surface area contributed by atoms with Gasteiger partial charge in [0.2, 0.25) is 0 Å². The number of aliphatic hydroxyl groups excluding tert-OH is 1. The number of amides is 1. The molecule has 1 aliphatic rings. The van der Waals surface area contributed by atoms with E-state index in [2.05, 4.69) is 0 Å². The van der Waals surface area contributed by atoms with Crippen LogP contribution in [0.25, 0.3) is 0 Å². The maximum absolute atomic E-state index is 13.2. The Hall–Kier alpha value is -3.61. The Morgan fingerprint density at radius 1 is 1.10 bits per heavy atom. The second-order valence-corrected chi connectivity index (χ2v) is 8.43. The molecular weight excluding hydrogens is 398 g/mol. The lowest BCUT2D eigenvalue weighted by Gasteiger charge is -2.29. The van der Waals surface area contributed by atoms with Crippen LogP contribution in [0.1, 0.15) is 37.9 Å². The van der Waals surface area contributed by atoms with E-state index < -0.39 is 29.1 Å². The van der Waals surface area contributed by atoms with Gasteiger partial charge in [-0.2, -0.15) is 0 Å². The van der Waals surface area contributed by atoms with Crippen molar-refractivity contribution < 1.29 is 29.3 Å². The van der Waals surface area contributed by atoms with Crippen molar-refractivity contribution in [3.05, 3.63) is 71.0 Å². The van der Waals surface area contributed by atoms with Gasteiger partial charge in [-0.25, -0.2) is 0 Å². The summed E-state index contributed by atoms with van der Waals surface area (Å²) < 4.78 is 5.30. The molecule has 1 atom stereocenters. The second kappa shape index (κ2) is 8.26. The Morgan fingerprint density at radius 2 is 1.74 bits per heavy atom. The van der Waals surface area contributed by atoms with Gasteiger partial charge in [0, 0.05) is 11.1 Å². The van der Waals surface area contributed by atoms with E-state index in [9.17, 15) is 19.5 Å². The zero-order valence-electron chi connectivity index (χ0n) is 17.9. The summed E-state index contributed by atoms with van der Waals surface area (Å²) in [7, 11) is 1.52. The van der Waals surface area contributed by atoms with E-state index in [1.54, 1.807) is 69.3 Å². The standard InChI is InChI=1S/C24H25NO6/c1-24(2,3)22(29)19-20(15-6-5-7-17(13-15)31-4)25(23(30)21(19)28)16-10-8-14(9-11-16)12-18(26)27/h5-11,13,20,28H,12H2,1-4H3,(H,26,27). The molecular formula is C24H25NO6. The SMILES string of the molecule is COc1cccc(C2C(C(=O)C(C)(C)C)=C(O)C(=O)N2c2ccc(CC(=O)O)cc2)c1. The molecule has 0 bridgehead atoms. The number of anilines is 1. The number of Topliss-reactive ketones (excluding diaryl/α,β-unsaturated/α-hetero) is 1. The summed E-state index contributed by atoms with van der Waals surface area (Å²) in [5.41, 5.74) is 0.834. The van der Waals surface area contributed by atoms with Gasteiger partial charge in [0.1, 0.15) is 5.75 Å². The molecule has 0 aromatic heterocycles. The summed E-state index contributed by atoms with van der Waals surface area (Å²) in [4.78, 5) is 38.6. The highest BCUT2D eigenvalue weighted by atomic mass is 16.5. The fraction of sp³-hybridized carbons (Fsp3) is 0.292. The van der Waals surface area contributed by atoms with Gasteiger partial charge in [0.05, 0.1) is 25.1 Å². The minimum atomic E-state index is -0.961. The van der Waals surface area contributed by atoms with Crippen molar-refractivity contribution in [2.75, 3.05) is 12.0 Å². The van der Waals surface area contributed by atoms with Gasteiger partial charge in [-0.3, -0.25) is 19.3 Å². The smallest absolute Gasteiger partial charge is 0.307 e. The molecule has 1 unspecified atom stereocenters. The van der Waals surface area contributed by atoms with Crippen molar-refractivity contribution in [1.29, 1.82) is 0 Å². The number of ketones is 1. The Balaban J connectivity index is 2.14. The Bertz CT molecular complexity index is 1060. The molecule has 2 aromatic rings. The Morgan fingerprint density at radius 3 is 2.29 bits per heavy atom. The molecule has 0 fully saturated rings. The number of aliphatic carboxylic acids is 1. The van der Waals surface area contributed by atoms with E-state index in [1.165, 1.54) is 12.0 Å². The summed E-state index contributed by atoms with van der Waals surface area (Å²) in [6, 6.07) is 12.6. The fourth-order valence-electron chi connectivity index (χ4n) is 3.58. The Labute approximate surface area is 180 Å². The second-order valence-electron chi connectivity index (χ2n) is 8.43. The Kier molecular flexibility index (Phi) is 5.88. The van der Waals surface area contributed by atoms with E-state index in [4.69, 9.17) is 9.84 Å². The predicted octanol–water partition coefficient (Wildman–Crippen LogP) is 3.84. The molecule has 162 valence electrons. The van der Waals surface area contributed by atoms with E-state index in [-0.39, 0.29) is 17.8 Å². The van der Waals surface area contributed by atoms with E-state index in [0.717, 1.165) is 0 Å². The van der Waals surface area contributed by atoms with Crippen molar-refractivity contribution in [1.82, 2.24) is 0 Å². The van der Waals surface area contributed by atoms with Crippen LogP contribution in [0.4, 0.5) is 5.69 Å².